The topological polar surface area (TPSA) is 113 Å². The molecule has 8 nitrogen and oxygen atoms in total. The molecule has 0 unspecified atom stereocenters. The summed E-state index contributed by atoms with van der Waals surface area (Å²) in [5.74, 6) is 1.55. The molecule has 0 aromatic carbocycles. The van der Waals surface area contributed by atoms with Gasteiger partial charge in [0.2, 0.25) is 5.95 Å². The Labute approximate surface area is 184 Å². The molecule has 0 spiro atoms. The summed E-state index contributed by atoms with van der Waals surface area (Å²) in [6.07, 6.45) is 5.64. The Morgan fingerprint density at radius 3 is 2.74 bits per heavy atom. The second-order valence-corrected chi connectivity index (χ2v) is 8.29. The third kappa shape index (κ3) is 4.23. The van der Waals surface area contributed by atoms with Crippen LogP contribution < -0.4 is 5.32 Å². The van der Waals surface area contributed by atoms with Crippen LogP contribution in [-0.2, 0) is 5.41 Å². The Morgan fingerprint density at radius 2 is 2.03 bits per heavy atom. The van der Waals surface area contributed by atoms with Crippen molar-refractivity contribution in [1.82, 2.24) is 24.9 Å². The van der Waals surface area contributed by atoms with Crippen LogP contribution >= 0.6 is 11.6 Å². The zero-order valence-electron chi connectivity index (χ0n) is 16.9. The van der Waals surface area contributed by atoms with Gasteiger partial charge in [0.15, 0.2) is 5.82 Å². The number of nitrogens with one attached hydrogen (secondary N) is 1. The second kappa shape index (κ2) is 7.67. The second-order valence-electron chi connectivity index (χ2n) is 7.90. The van der Waals surface area contributed by atoms with Crippen LogP contribution in [0.3, 0.4) is 0 Å². The Kier molecular flexibility index (Phi) is 4.83. The summed E-state index contributed by atoms with van der Waals surface area (Å²) in [7, 11) is 0. The number of aliphatic imine (C=N–C) groups is 1. The van der Waals surface area contributed by atoms with Crippen molar-refractivity contribution in [1.29, 1.82) is 5.26 Å². The van der Waals surface area contributed by atoms with Crippen molar-refractivity contribution in [3.63, 3.8) is 0 Å². The minimum absolute atomic E-state index is 0.323. The van der Waals surface area contributed by atoms with E-state index in [9.17, 15) is 5.26 Å². The molecule has 2 saturated carbocycles. The number of anilines is 2. The third-order valence-electron chi connectivity index (χ3n) is 5.48. The standard InChI is InChI=1S/C22H19ClN8/c1-13(14-5-6-14)26-20-29-19(16-3-2-4-18(23)28-16)30-21(31-20)27-15-7-10-25-17(11-15)22(12-24)8-9-22/h2-4,7,10-11,14H,5-6,8-9H2,1H3,(H,25,27,29,30,31). The zero-order valence-corrected chi connectivity index (χ0v) is 17.6. The molecule has 2 aliphatic carbocycles. The first kappa shape index (κ1) is 19.5. The van der Waals surface area contributed by atoms with Crippen LogP contribution in [0, 0.1) is 17.2 Å². The quantitative estimate of drug-likeness (QED) is 0.442. The molecule has 0 amide bonds. The summed E-state index contributed by atoms with van der Waals surface area (Å²) in [5.41, 5.74) is 2.59. The average molecular weight is 431 g/mol. The van der Waals surface area contributed by atoms with Gasteiger partial charge in [-0.25, -0.2) is 9.98 Å². The molecule has 2 fully saturated rings. The lowest BCUT2D eigenvalue weighted by molar-refractivity contribution is 0.855. The molecule has 3 aromatic heterocycles. The molecule has 1 N–H and O–H groups in total. The van der Waals surface area contributed by atoms with Crippen molar-refractivity contribution in [2.75, 3.05) is 5.32 Å². The Bertz CT molecular complexity index is 1220. The van der Waals surface area contributed by atoms with Gasteiger partial charge in [0, 0.05) is 17.6 Å². The number of hydrogen-bond donors (Lipinski definition) is 1. The highest BCUT2D eigenvalue weighted by Gasteiger charge is 2.46. The number of pyridine rings is 2. The molecule has 0 saturated heterocycles. The first-order chi connectivity index (χ1) is 15.0. The molecule has 3 aromatic rings. The molecule has 3 heterocycles. The van der Waals surface area contributed by atoms with Crippen molar-refractivity contribution < 1.29 is 0 Å². The number of nitrogens with zero attached hydrogens (tertiary/aromatic N) is 7. The van der Waals surface area contributed by atoms with Gasteiger partial charge < -0.3 is 5.32 Å². The molecule has 154 valence electrons. The van der Waals surface area contributed by atoms with Crippen LogP contribution in [0.2, 0.25) is 5.15 Å². The predicted octanol–water partition coefficient (Wildman–Crippen LogP) is 4.78. The van der Waals surface area contributed by atoms with Crippen molar-refractivity contribution in [3.8, 4) is 17.6 Å². The first-order valence-corrected chi connectivity index (χ1v) is 10.5. The lowest BCUT2D eigenvalue weighted by Crippen LogP contribution is -2.07. The van der Waals surface area contributed by atoms with Gasteiger partial charge in [-0.05, 0) is 62.8 Å². The minimum atomic E-state index is -0.469. The van der Waals surface area contributed by atoms with Gasteiger partial charge in [0.05, 0.1) is 17.2 Å². The maximum absolute atomic E-state index is 9.47. The van der Waals surface area contributed by atoms with Crippen LogP contribution in [0.5, 0.6) is 0 Å². The fourth-order valence-electron chi connectivity index (χ4n) is 3.32. The first-order valence-electron chi connectivity index (χ1n) is 10.1. The summed E-state index contributed by atoms with van der Waals surface area (Å²) < 4.78 is 0. The van der Waals surface area contributed by atoms with Gasteiger partial charge in [-0.15, -0.1) is 0 Å². The van der Waals surface area contributed by atoms with Gasteiger partial charge in [-0.2, -0.15) is 20.2 Å². The fraction of sp³-hybridized carbons (Fsp3) is 0.318. The molecule has 0 aliphatic heterocycles. The maximum Gasteiger partial charge on any atom is 0.254 e. The molecular formula is C22H19ClN8. The van der Waals surface area contributed by atoms with Gasteiger partial charge in [0.1, 0.15) is 10.8 Å². The van der Waals surface area contributed by atoms with Gasteiger partial charge in [-0.1, -0.05) is 17.7 Å². The molecular weight excluding hydrogens is 412 g/mol. The van der Waals surface area contributed by atoms with Gasteiger partial charge >= 0.3 is 0 Å². The number of halogens is 1. The van der Waals surface area contributed by atoms with E-state index in [4.69, 9.17) is 11.6 Å². The minimum Gasteiger partial charge on any atom is -0.324 e. The maximum atomic E-state index is 9.47. The molecule has 0 atom stereocenters. The molecule has 0 bridgehead atoms. The Morgan fingerprint density at radius 1 is 1.19 bits per heavy atom. The van der Waals surface area contributed by atoms with Crippen LogP contribution in [0.4, 0.5) is 17.6 Å². The highest BCUT2D eigenvalue weighted by molar-refractivity contribution is 6.29. The Balaban J connectivity index is 1.52. The van der Waals surface area contributed by atoms with Gasteiger partial charge in [0.25, 0.3) is 5.95 Å². The smallest absolute Gasteiger partial charge is 0.254 e. The van der Waals surface area contributed by atoms with E-state index in [-0.39, 0.29) is 0 Å². The number of nitriles is 1. The van der Waals surface area contributed by atoms with E-state index in [2.05, 4.69) is 41.3 Å². The van der Waals surface area contributed by atoms with E-state index in [0.717, 1.165) is 42.8 Å². The zero-order chi connectivity index (χ0) is 21.4. The third-order valence-corrected chi connectivity index (χ3v) is 5.69. The predicted molar refractivity (Wildman–Crippen MR) is 118 cm³/mol. The van der Waals surface area contributed by atoms with E-state index < -0.39 is 5.41 Å². The molecule has 31 heavy (non-hydrogen) atoms. The van der Waals surface area contributed by atoms with Crippen LogP contribution in [0.25, 0.3) is 11.5 Å². The summed E-state index contributed by atoms with van der Waals surface area (Å²) in [6, 6.07) is 11.3. The van der Waals surface area contributed by atoms with Crippen LogP contribution in [-0.4, -0.2) is 30.6 Å². The van der Waals surface area contributed by atoms with Crippen molar-refractivity contribution in [2.24, 2.45) is 10.9 Å². The summed E-state index contributed by atoms with van der Waals surface area (Å²) >= 11 is 6.06. The van der Waals surface area contributed by atoms with E-state index in [0.29, 0.717) is 34.5 Å². The number of rotatable bonds is 6. The summed E-state index contributed by atoms with van der Waals surface area (Å²) in [6.45, 7) is 2.00. The lowest BCUT2D eigenvalue weighted by atomic mass is 10.0. The molecule has 5 rings (SSSR count). The van der Waals surface area contributed by atoms with Crippen molar-refractivity contribution in [2.45, 2.75) is 38.0 Å². The summed E-state index contributed by atoms with van der Waals surface area (Å²) in [4.78, 5) is 26.8. The fourth-order valence-corrected chi connectivity index (χ4v) is 3.48. The van der Waals surface area contributed by atoms with E-state index >= 15 is 0 Å². The average Bonchev–Trinajstić information content (AvgIpc) is 3.68. The largest absolute Gasteiger partial charge is 0.324 e. The van der Waals surface area contributed by atoms with E-state index in [1.165, 1.54) is 0 Å². The number of hydrogen-bond acceptors (Lipinski definition) is 8. The lowest BCUT2D eigenvalue weighted by Gasteiger charge is -2.10. The highest BCUT2D eigenvalue weighted by Crippen LogP contribution is 2.47. The molecule has 0 radical (unpaired) electrons. The normalized spacial score (nSPS) is 17.1. The van der Waals surface area contributed by atoms with Crippen LogP contribution in [0.15, 0.2) is 41.5 Å². The van der Waals surface area contributed by atoms with Gasteiger partial charge in [-0.3, -0.25) is 4.98 Å². The van der Waals surface area contributed by atoms with Crippen molar-refractivity contribution in [3.05, 3.63) is 47.4 Å². The monoisotopic (exact) mass is 430 g/mol. The van der Waals surface area contributed by atoms with E-state index in [1.807, 2.05) is 19.1 Å². The van der Waals surface area contributed by atoms with E-state index in [1.54, 1.807) is 24.4 Å². The number of aromatic nitrogens is 5. The SMILES string of the molecule is CC(=Nc1nc(Nc2ccnc(C3(C#N)CC3)c2)nc(-c2cccc(Cl)n2)n1)C1CC1. The summed E-state index contributed by atoms with van der Waals surface area (Å²) in [5, 5.41) is 13.0. The van der Waals surface area contributed by atoms with Crippen molar-refractivity contribution >= 4 is 34.9 Å². The van der Waals surface area contributed by atoms with Crippen LogP contribution in [0.1, 0.15) is 38.3 Å². The Hall–Kier alpha value is -3.44. The highest BCUT2D eigenvalue weighted by atomic mass is 35.5. The molecule has 9 heteroatoms. The molecule has 2 aliphatic rings.